The van der Waals surface area contributed by atoms with E-state index in [2.05, 4.69) is 30.3 Å². The highest BCUT2D eigenvalue weighted by molar-refractivity contribution is 5.85. The number of carbonyl (C=O) groups is 1. The monoisotopic (exact) mass is 313 g/mol. The molecular formula is C19H23NO3. The smallest absolute Gasteiger partial charge is 0.226 e. The molecule has 1 N–H and O–H groups in total. The summed E-state index contributed by atoms with van der Waals surface area (Å²) in [5.74, 6) is 0.477. The molecule has 1 amide bonds. The summed E-state index contributed by atoms with van der Waals surface area (Å²) in [5, 5.41) is 11.6. The minimum atomic E-state index is -0.0111. The molecule has 1 fully saturated rings. The van der Waals surface area contributed by atoms with Gasteiger partial charge in [-0.2, -0.15) is 0 Å². The summed E-state index contributed by atoms with van der Waals surface area (Å²) in [5.41, 5.74) is 1.23. The van der Waals surface area contributed by atoms with E-state index < -0.39 is 0 Å². The van der Waals surface area contributed by atoms with E-state index in [-0.39, 0.29) is 18.4 Å². The van der Waals surface area contributed by atoms with E-state index in [4.69, 9.17) is 9.84 Å². The predicted octanol–water partition coefficient (Wildman–Crippen LogP) is 2.41. The molecule has 1 saturated carbocycles. The van der Waals surface area contributed by atoms with Crippen molar-refractivity contribution in [1.29, 1.82) is 0 Å². The highest BCUT2D eigenvalue weighted by Crippen LogP contribution is 2.48. The molecule has 2 aromatic rings. The van der Waals surface area contributed by atoms with Crippen molar-refractivity contribution in [3.63, 3.8) is 0 Å². The van der Waals surface area contributed by atoms with Crippen molar-refractivity contribution >= 4 is 16.7 Å². The third-order valence-electron chi connectivity index (χ3n) is 4.56. The van der Waals surface area contributed by atoms with E-state index in [1.807, 2.05) is 12.1 Å². The van der Waals surface area contributed by atoms with Gasteiger partial charge >= 0.3 is 0 Å². The first-order valence-corrected chi connectivity index (χ1v) is 8.12. The summed E-state index contributed by atoms with van der Waals surface area (Å²) in [4.78, 5) is 14.3. The lowest BCUT2D eigenvalue weighted by molar-refractivity contribution is -0.133. The number of hydrogen-bond acceptors (Lipinski definition) is 3. The van der Waals surface area contributed by atoms with Crippen molar-refractivity contribution in [3.8, 4) is 0 Å². The van der Waals surface area contributed by atoms with E-state index in [1.54, 1.807) is 12.0 Å². The molecule has 0 heterocycles. The number of amides is 1. The van der Waals surface area contributed by atoms with Crippen LogP contribution in [0.3, 0.4) is 0 Å². The van der Waals surface area contributed by atoms with Crippen LogP contribution in [0.15, 0.2) is 42.5 Å². The van der Waals surface area contributed by atoms with Crippen LogP contribution >= 0.6 is 0 Å². The topological polar surface area (TPSA) is 49.8 Å². The highest BCUT2D eigenvalue weighted by atomic mass is 16.5. The molecule has 0 saturated heterocycles. The SMILES string of the molecule is COCCN(CCO)C(=O)C1CC1c1ccc2ccccc2c1. The molecular weight excluding hydrogens is 290 g/mol. The minimum Gasteiger partial charge on any atom is -0.395 e. The lowest BCUT2D eigenvalue weighted by Crippen LogP contribution is -2.37. The normalized spacial score (nSPS) is 19.7. The summed E-state index contributed by atoms with van der Waals surface area (Å²) in [6.45, 7) is 1.40. The van der Waals surface area contributed by atoms with E-state index in [0.717, 1.165) is 6.42 Å². The summed E-state index contributed by atoms with van der Waals surface area (Å²) >= 11 is 0. The molecule has 23 heavy (non-hydrogen) atoms. The van der Waals surface area contributed by atoms with Crippen molar-refractivity contribution < 1.29 is 14.6 Å². The molecule has 0 spiro atoms. The molecule has 122 valence electrons. The Morgan fingerprint density at radius 2 is 2.00 bits per heavy atom. The Kier molecular flexibility index (Phi) is 4.94. The molecule has 2 atom stereocenters. The van der Waals surface area contributed by atoms with Gasteiger partial charge in [-0.25, -0.2) is 0 Å². The van der Waals surface area contributed by atoms with Crippen molar-refractivity contribution in [2.45, 2.75) is 12.3 Å². The fraction of sp³-hybridized carbons (Fsp3) is 0.421. The second-order valence-corrected chi connectivity index (χ2v) is 6.10. The maximum atomic E-state index is 12.6. The summed E-state index contributed by atoms with van der Waals surface area (Å²) in [6.07, 6.45) is 0.895. The number of methoxy groups -OCH3 is 1. The second kappa shape index (κ2) is 7.11. The summed E-state index contributed by atoms with van der Waals surface area (Å²) < 4.78 is 5.05. The number of benzene rings is 2. The van der Waals surface area contributed by atoms with Gasteiger partial charge in [-0.1, -0.05) is 42.5 Å². The van der Waals surface area contributed by atoms with E-state index >= 15 is 0 Å². The number of carbonyl (C=O) groups excluding carboxylic acids is 1. The minimum absolute atomic E-state index is 0.0111. The van der Waals surface area contributed by atoms with Gasteiger partial charge in [0.25, 0.3) is 0 Å². The van der Waals surface area contributed by atoms with E-state index in [0.29, 0.717) is 25.6 Å². The number of fused-ring (bicyclic) bond motifs is 1. The van der Waals surface area contributed by atoms with Crippen molar-refractivity contribution in [1.82, 2.24) is 4.90 Å². The highest BCUT2D eigenvalue weighted by Gasteiger charge is 2.45. The van der Waals surface area contributed by atoms with Crippen molar-refractivity contribution in [2.24, 2.45) is 5.92 Å². The largest absolute Gasteiger partial charge is 0.395 e. The first-order valence-electron chi connectivity index (χ1n) is 8.12. The molecule has 1 aliphatic carbocycles. The van der Waals surface area contributed by atoms with Gasteiger partial charge in [-0.15, -0.1) is 0 Å². The molecule has 4 heteroatoms. The van der Waals surface area contributed by atoms with Gasteiger partial charge in [0.15, 0.2) is 0 Å². The number of ether oxygens (including phenoxy) is 1. The van der Waals surface area contributed by atoms with Gasteiger partial charge in [-0.05, 0) is 28.7 Å². The fourth-order valence-corrected chi connectivity index (χ4v) is 3.16. The van der Waals surface area contributed by atoms with Crippen molar-refractivity contribution in [3.05, 3.63) is 48.0 Å². The van der Waals surface area contributed by atoms with Crippen LogP contribution in [-0.2, 0) is 9.53 Å². The Balaban J connectivity index is 1.70. The first kappa shape index (κ1) is 16.0. The Morgan fingerprint density at radius 1 is 1.22 bits per heavy atom. The zero-order chi connectivity index (χ0) is 16.2. The van der Waals surface area contributed by atoms with Gasteiger partial charge in [0.1, 0.15) is 0 Å². The first-order chi connectivity index (χ1) is 11.2. The van der Waals surface area contributed by atoms with Crippen LogP contribution in [0.5, 0.6) is 0 Å². The maximum Gasteiger partial charge on any atom is 0.226 e. The number of aliphatic hydroxyl groups is 1. The molecule has 2 aromatic carbocycles. The van der Waals surface area contributed by atoms with Gasteiger partial charge < -0.3 is 14.7 Å². The van der Waals surface area contributed by atoms with E-state index in [9.17, 15) is 4.79 Å². The molecule has 4 nitrogen and oxygen atoms in total. The number of aliphatic hydroxyl groups excluding tert-OH is 1. The Hall–Kier alpha value is -1.91. The lowest BCUT2D eigenvalue weighted by Gasteiger charge is -2.21. The number of hydrogen-bond donors (Lipinski definition) is 1. The Bertz CT molecular complexity index is 685. The summed E-state index contributed by atoms with van der Waals surface area (Å²) in [6, 6.07) is 14.7. The molecule has 0 radical (unpaired) electrons. The predicted molar refractivity (Wildman–Crippen MR) is 90.3 cm³/mol. The molecule has 0 aromatic heterocycles. The van der Waals surface area contributed by atoms with Crippen LogP contribution in [0.25, 0.3) is 10.8 Å². The van der Waals surface area contributed by atoms with Crippen LogP contribution in [0.1, 0.15) is 17.9 Å². The number of rotatable bonds is 7. The zero-order valence-electron chi connectivity index (χ0n) is 13.4. The zero-order valence-corrected chi connectivity index (χ0v) is 13.4. The number of nitrogens with zero attached hydrogens (tertiary/aromatic N) is 1. The van der Waals surface area contributed by atoms with Gasteiger partial charge in [-0.3, -0.25) is 4.79 Å². The Morgan fingerprint density at radius 3 is 2.74 bits per heavy atom. The van der Waals surface area contributed by atoms with Crippen LogP contribution in [0.2, 0.25) is 0 Å². The van der Waals surface area contributed by atoms with Gasteiger partial charge in [0.05, 0.1) is 13.2 Å². The standard InChI is InChI=1S/C19H23NO3/c1-23-11-9-20(8-10-21)19(22)18-13-17(18)16-7-6-14-4-2-3-5-15(14)12-16/h2-7,12,17-18,21H,8-11,13H2,1H3. The maximum absolute atomic E-state index is 12.6. The van der Waals surface area contributed by atoms with Crippen LogP contribution in [-0.4, -0.2) is 49.3 Å². The van der Waals surface area contributed by atoms with Crippen LogP contribution in [0.4, 0.5) is 0 Å². The third-order valence-corrected chi connectivity index (χ3v) is 4.56. The average molecular weight is 313 g/mol. The second-order valence-electron chi connectivity index (χ2n) is 6.10. The van der Waals surface area contributed by atoms with Gasteiger partial charge in [0, 0.05) is 26.1 Å². The van der Waals surface area contributed by atoms with Crippen LogP contribution in [0, 0.1) is 5.92 Å². The third kappa shape index (κ3) is 3.54. The fourth-order valence-electron chi connectivity index (χ4n) is 3.16. The van der Waals surface area contributed by atoms with Crippen molar-refractivity contribution in [2.75, 3.05) is 33.4 Å². The Labute approximate surface area is 136 Å². The molecule has 2 unspecified atom stereocenters. The lowest BCUT2D eigenvalue weighted by atomic mass is 10.0. The molecule has 3 rings (SSSR count). The van der Waals surface area contributed by atoms with Gasteiger partial charge in [0.2, 0.25) is 5.91 Å². The molecule has 0 aliphatic heterocycles. The van der Waals surface area contributed by atoms with Crippen LogP contribution < -0.4 is 0 Å². The molecule has 1 aliphatic rings. The summed E-state index contributed by atoms with van der Waals surface area (Å²) in [7, 11) is 1.62. The average Bonchev–Trinajstić information content (AvgIpc) is 3.38. The van der Waals surface area contributed by atoms with E-state index in [1.165, 1.54) is 16.3 Å². The molecule has 0 bridgehead atoms. The quantitative estimate of drug-likeness (QED) is 0.854.